The number of hydrogen-bond donors (Lipinski definition) is 1. The van der Waals surface area contributed by atoms with Crippen LogP contribution in [-0.2, 0) is 6.54 Å². The number of halogens is 1. The molecular formula is C14H13BrN2O2. The molecule has 0 bridgehead atoms. The van der Waals surface area contributed by atoms with Gasteiger partial charge >= 0.3 is 0 Å². The molecular weight excluding hydrogens is 308 g/mol. The van der Waals surface area contributed by atoms with Crippen molar-refractivity contribution in [3.8, 4) is 0 Å². The monoisotopic (exact) mass is 320 g/mol. The molecule has 0 heterocycles. The fourth-order valence-corrected chi connectivity index (χ4v) is 2.33. The van der Waals surface area contributed by atoms with Crippen LogP contribution in [0.15, 0.2) is 46.9 Å². The van der Waals surface area contributed by atoms with Crippen molar-refractivity contribution < 1.29 is 4.92 Å². The fourth-order valence-electron chi connectivity index (χ4n) is 1.70. The SMILES string of the molecule is Cc1ccc(NCc2ccc([N+](=O)[O-])cc2)c(Br)c1. The van der Waals surface area contributed by atoms with E-state index in [1.165, 1.54) is 17.7 Å². The number of rotatable bonds is 4. The molecule has 0 aliphatic rings. The Morgan fingerprint density at radius 3 is 2.47 bits per heavy atom. The molecule has 0 spiro atoms. The van der Waals surface area contributed by atoms with Gasteiger partial charge in [0.25, 0.3) is 5.69 Å². The molecule has 19 heavy (non-hydrogen) atoms. The van der Waals surface area contributed by atoms with E-state index in [1.807, 2.05) is 25.1 Å². The topological polar surface area (TPSA) is 55.2 Å². The highest BCUT2D eigenvalue weighted by molar-refractivity contribution is 9.10. The first kappa shape index (κ1) is 13.5. The third kappa shape index (κ3) is 3.54. The predicted molar refractivity (Wildman–Crippen MR) is 79.3 cm³/mol. The minimum Gasteiger partial charge on any atom is -0.380 e. The second-order valence-electron chi connectivity index (χ2n) is 4.26. The van der Waals surface area contributed by atoms with Crippen molar-refractivity contribution in [1.82, 2.24) is 0 Å². The van der Waals surface area contributed by atoms with Gasteiger partial charge in [0, 0.05) is 28.8 Å². The Morgan fingerprint density at radius 1 is 1.21 bits per heavy atom. The van der Waals surface area contributed by atoms with Gasteiger partial charge in [0.1, 0.15) is 0 Å². The van der Waals surface area contributed by atoms with Crippen molar-refractivity contribution in [2.24, 2.45) is 0 Å². The van der Waals surface area contributed by atoms with Crippen LogP contribution < -0.4 is 5.32 Å². The van der Waals surface area contributed by atoms with E-state index in [1.54, 1.807) is 12.1 Å². The van der Waals surface area contributed by atoms with Crippen LogP contribution in [-0.4, -0.2) is 4.92 Å². The zero-order chi connectivity index (χ0) is 13.8. The van der Waals surface area contributed by atoms with E-state index in [-0.39, 0.29) is 5.69 Å². The van der Waals surface area contributed by atoms with Crippen molar-refractivity contribution in [3.05, 3.63) is 68.2 Å². The van der Waals surface area contributed by atoms with Gasteiger partial charge in [-0.2, -0.15) is 0 Å². The average molecular weight is 321 g/mol. The van der Waals surface area contributed by atoms with Crippen LogP contribution in [0, 0.1) is 17.0 Å². The van der Waals surface area contributed by atoms with E-state index >= 15 is 0 Å². The molecule has 0 aliphatic heterocycles. The maximum atomic E-state index is 10.6. The van der Waals surface area contributed by atoms with Crippen molar-refractivity contribution in [2.75, 3.05) is 5.32 Å². The molecule has 2 aromatic rings. The molecule has 1 N–H and O–H groups in total. The van der Waals surface area contributed by atoms with Gasteiger partial charge < -0.3 is 5.32 Å². The Morgan fingerprint density at radius 2 is 1.89 bits per heavy atom. The fraction of sp³-hybridized carbons (Fsp3) is 0.143. The number of benzene rings is 2. The number of nitrogens with zero attached hydrogens (tertiary/aromatic N) is 1. The van der Waals surface area contributed by atoms with Crippen molar-refractivity contribution >= 4 is 27.3 Å². The first-order valence-electron chi connectivity index (χ1n) is 5.79. The molecule has 0 unspecified atom stereocenters. The number of nitro benzene ring substituents is 1. The molecule has 0 saturated carbocycles. The first-order valence-corrected chi connectivity index (χ1v) is 6.59. The normalized spacial score (nSPS) is 10.2. The second kappa shape index (κ2) is 5.84. The van der Waals surface area contributed by atoms with Gasteiger partial charge in [-0.1, -0.05) is 18.2 Å². The molecule has 0 fully saturated rings. The zero-order valence-corrected chi connectivity index (χ0v) is 12.0. The van der Waals surface area contributed by atoms with Gasteiger partial charge in [0.2, 0.25) is 0 Å². The molecule has 0 saturated heterocycles. The first-order chi connectivity index (χ1) is 9.06. The molecule has 0 amide bonds. The molecule has 4 nitrogen and oxygen atoms in total. The number of anilines is 1. The molecule has 2 aromatic carbocycles. The summed E-state index contributed by atoms with van der Waals surface area (Å²) < 4.78 is 1.01. The Kier molecular flexibility index (Phi) is 4.16. The zero-order valence-electron chi connectivity index (χ0n) is 10.4. The van der Waals surface area contributed by atoms with E-state index < -0.39 is 4.92 Å². The van der Waals surface area contributed by atoms with Gasteiger partial charge in [0.15, 0.2) is 0 Å². The summed E-state index contributed by atoms with van der Waals surface area (Å²) in [7, 11) is 0. The van der Waals surface area contributed by atoms with E-state index in [0.717, 1.165) is 15.7 Å². The van der Waals surface area contributed by atoms with Gasteiger partial charge in [-0.25, -0.2) is 0 Å². The maximum Gasteiger partial charge on any atom is 0.269 e. The molecule has 0 aromatic heterocycles. The van der Waals surface area contributed by atoms with Crippen LogP contribution in [0.2, 0.25) is 0 Å². The minimum absolute atomic E-state index is 0.111. The summed E-state index contributed by atoms with van der Waals surface area (Å²) in [5, 5.41) is 13.8. The number of nitrogens with one attached hydrogen (secondary N) is 1. The molecule has 0 atom stereocenters. The van der Waals surface area contributed by atoms with Crippen molar-refractivity contribution in [2.45, 2.75) is 13.5 Å². The third-order valence-electron chi connectivity index (χ3n) is 2.75. The quantitative estimate of drug-likeness (QED) is 0.675. The average Bonchev–Trinajstić information content (AvgIpc) is 2.38. The summed E-state index contributed by atoms with van der Waals surface area (Å²) in [4.78, 5) is 10.2. The highest BCUT2D eigenvalue weighted by Crippen LogP contribution is 2.24. The van der Waals surface area contributed by atoms with E-state index in [0.29, 0.717) is 6.54 Å². The Labute approximate surface area is 119 Å². The Balaban J connectivity index is 2.04. The van der Waals surface area contributed by atoms with Crippen molar-refractivity contribution in [1.29, 1.82) is 0 Å². The number of hydrogen-bond acceptors (Lipinski definition) is 3. The molecule has 0 radical (unpaired) electrons. The lowest BCUT2D eigenvalue weighted by Crippen LogP contribution is -2.00. The second-order valence-corrected chi connectivity index (χ2v) is 5.11. The van der Waals surface area contributed by atoms with Gasteiger partial charge in [0.05, 0.1) is 4.92 Å². The molecule has 0 aliphatic carbocycles. The van der Waals surface area contributed by atoms with Crippen molar-refractivity contribution in [3.63, 3.8) is 0 Å². The van der Waals surface area contributed by atoms with Crippen LogP contribution in [0.25, 0.3) is 0 Å². The smallest absolute Gasteiger partial charge is 0.269 e. The van der Waals surface area contributed by atoms with Crippen LogP contribution in [0.5, 0.6) is 0 Å². The predicted octanol–water partition coefficient (Wildman–Crippen LogP) is 4.28. The lowest BCUT2D eigenvalue weighted by Gasteiger charge is -2.09. The summed E-state index contributed by atoms with van der Waals surface area (Å²) in [6, 6.07) is 12.6. The number of nitro groups is 1. The van der Waals surface area contributed by atoms with E-state index in [4.69, 9.17) is 0 Å². The summed E-state index contributed by atoms with van der Waals surface area (Å²) in [5.41, 5.74) is 3.30. The highest BCUT2D eigenvalue weighted by atomic mass is 79.9. The standard InChI is InChI=1S/C14H13BrN2O2/c1-10-2-7-14(13(15)8-10)16-9-11-3-5-12(6-4-11)17(18)19/h2-8,16H,9H2,1H3. The van der Waals surface area contributed by atoms with Crippen LogP contribution in [0.1, 0.15) is 11.1 Å². The summed E-state index contributed by atoms with van der Waals surface area (Å²) in [6.07, 6.45) is 0. The number of non-ortho nitro benzene ring substituents is 1. The molecule has 98 valence electrons. The number of aryl methyl sites for hydroxylation is 1. The summed E-state index contributed by atoms with van der Waals surface area (Å²) in [5.74, 6) is 0. The summed E-state index contributed by atoms with van der Waals surface area (Å²) in [6.45, 7) is 2.66. The molecule has 2 rings (SSSR count). The minimum atomic E-state index is -0.395. The van der Waals surface area contributed by atoms with Gasteiger partial charge in [-0.05, 0) is 46.1 Å². The van der Waals surface area contributed by atoms with Crippen LogP contribution in [0.4, 0.5) is 11.4 Å². The van der Waals surface area contributed by atoms with Gasteiger partial charge in [-0.3, -0.25) is 10.1 Å². The van der Waals surface area contributed by atoms with Gasteiger partial charge in [-0.15, -0.1) is 0 Å². The highest BCUT2D eigenvalue weighted by Gasteiger charge is 2.04. The molecule has 5 heteroatoms. The largest absolute Gasteiger partial charge is 0.380 e. The lowest BCUT2D eigenvalue weighted by molar-refractivity contribution is -0.384. The summed E-state index contributed by atoms with van der Waals surface area (Å²) >= 11 is 3.50. The Bertz CT molecular complexity index is 597. The van der Waals surface area contributed by atoms with E-state index in [9.17, 15) is 10.1 Å². The van der Waals surface area contributed by atoms with Crippen LogP contribution in [0.3, 0.4) is 0 Å². The van der Waals surface area contributed by atoms with E-state index in [2.05, 4.69) is 21.2 Å². The Hall–Kier alpha value is -1.88. The van der Waals surface area contributed by atoms with Crippen LogP contribution >= 0.6 is 15.9 Å². The lowest BCUT2D eigenvalue weighted by atomic mass is 10.2. The third-order valence-corrected chi connectivity index (χ3v) is 3.41. The maximum absolute atomic E-state index is 10.6.